The fraction of sp³-hybridized carbons (Fsp3) is 0.333. The highest BCUT2D eigenvalue weighted by Crippen LogP contribution is 2.19. The smallest absolute Gasteiger partial charge is 0.251 e. The van der Waals surface area contributed by atoms with Crippen LogP contribution in [0.4, 0.5) is 0 Å². The molecule has 0 atom stereocenters. The Morgan fingerprint density at radius 2 is 1.59 bits per heavy atom. The molecule has 0 saturated carbocycles. The summed E-state index contributed by atoms with van der Waals surface area (Å²) in [5.74, 6) is 0.918. The van der Waals surface area contributed by atoms with Crippen LogP contribution < -0.4 is 10.6 Å². The van der Waals surface area contributed by atoms with Crippen molar-refractivity contribution in [1.29, 1.82) is 0 Å². The number of likely N-dealkylation sites (tertiary alicyclic amines) is 1. The van der Waals surface area contributed by atoms with Crippen LogP contribution in [0.5, 0.6) is 0 Å². The van der Waals surface area contributed by atoms with E-state index in [2.05, 4.69) is 50.9 Å². The predicted molar refractivity (Wildman–Crippen MR) is 120 cm³/mol. The van der Waals surface area contributed by atoms with Crippen molar-refractivity contribution in [1.82, 2.24) is 15.5 Å². The maximum absolute atomic E-state index is 12.0. The number of aliphatic imine (C=N–C) groups is 1. The summed E-state index contributed by atoms with van der Waals surface area (Å²) in [5, 5.41) is 6.38. The molecule has 0 bridgehead atoms. The summed E-state index contributed by atoms with van der Waals surface area (Å²) in [5.41, 5.74) is 3.46. The van der Waals surface area contributed by atoms with E-state index in [1.807, 2.05) is 43.4 Å². The zero-order chi connectivity index (χ0) is 20.3. The number of carbonyl (C=O) groups excluding carboxylic acids is 1. The lowest BCUT2D eigenvalue weighted by molar-refractivity contribution is 0.0953. The maximum Gasteiger partial charge on any atom is 0.251 e. The van der Waals surface area contributed by atoms with Crippen LogP contribution in [0.15, 0.2) is 71.2 Å². The summed E-state index contributed by atoms with van der Waals surface area (Å²) in [6.07, 6.45) is 5.28. The van der Waals surface area contributed by atoms with Gasteiger partial charge in [-0.05, 0) is 37.0 Å². The molecule has 1 saturated heterocycles. The van der Waals surface area contributed by atoms with Gasteiger partial charge in [0.2, 0.25) is 0 Å². The Hall–Kier alpha value is -3.08. The number of nitrogens with zero attached hydrogens (tertiary/aromatic N) is 2. The Bertz CT molecular complexity index is 820. The van der Waals surface area contributed by atoms with Crippen molar-refractivity contribution in [2.75, 3.05) is 33.2 Å². The van der Waals surface area contributed by atoms with Gasteiger partial charge in [-0.15, -0.1) is 0 Å². The quantitative estimate of drug-likeness (QED) is 0.450. The van der Waals surface area contributed by atoms with E-state index in [1.165, 1.54) is 11.1 Å². The molecule has 1 amide bonds. The maximum atomic E-state index is 12.0. The van der Waals surface area contributed by atoms with E-state index in [0.717, 1.165) is 44.9 Å². The largest absolute Gasteiger partial charge is 0.356 e. The Morgan fingerprint density at radius 1 is 0.966 bits per heavy atom. The molecule has 5 nitrogen and oxygen atoms in total. The minimum absolute atomic E-state index is 0.0243. The first-order valence-corrected chi connectivity index (χ1v) is 10.3. The lowest BCUT2D eigenvalue weighted by Gasteiger charge is -2.31. The molecule has 5 heteroatoms. The second kappa shape index (κ2) is 11.1. The van der Waals surface area contributed by atoms with Crippen molar-refractivity contribution >= 4 is 17.9 Å². The van der Waals surface area contributed by atoms with E-state index in [0.29, 0.717) is 12.1 Å². The minimum atomic E-state index is -0.0243. The number of rotatable bonds is 6. The van der Waals surface area contributed by atoms with Crippen molar-refractivity contribution in [3.8, 4) is 0 Å². The van der Waals surface area contributed by atoms with Gasteiger partial charge < -0.3 is 15.5 Å². The second-order valence-electron chi connectivity index (χ2n) is 7.15. The molecular formula is C24H30N4O. The van der Waals surface area contributed by atoms with Gasteiger partial charge >= 0.3 is 0 Å². The fourth-order valence-electron chi connectivity index (χ4n) is 3.45. The number of hydrogen-bond donors (Lipinski definition) is 2. The van der Waals surface area contributed by atoms with Crippen LogP contribution in [0, 0.1) is 0 Å². The lowest BCUT2D eigenvalue weighted by atomic mass is 10.0. The fourth-order valence-corrected chi connectivity index (χ4v) is 3.45. The highest BCUT2D eigenvalue weighted by atomic mass is 16.1. The Labute approximate surface area is 173 Å². The van der Waals surface area contributed by atoms with E-state index in [-0.39, 0.29) is 5.91 Å². The number of hydrogen-bond acceptors (Lipinski definition) is 2. The van der Waals surface area contributed by atoms with Crippen LogP contribution >= 0.6 is 0 Å². The molecule has 29 heavy (non-hydrogen) atoms. The molecule has 2 N–H and O–H groups in total. The van der Waals surface area contributed by atoms with Crippen molar-refractivity contribution in [3.63, 3.8) is 0 Å². The molecule has 0 radical (unpaired) electrons. The average molecular weight is 391 g/mol. The summed E-state index contributed by atoms with van der Waals surface area (Å²) in [4.78, 5) is 18.8. The topological polar surface area (TPSA) is 56.7 Å². The van der Waals surface area contributed by atoms with Gasteiger partial charge in [0.15, 0.2) is 5.96 Å². The molecule has 1 aliphatic heterocycles. The molecule has 0 aliphatic carbocycles. The van der Waals surface area contributed by atoms with Gasteiger partial charge in [-0.2, -0.15) is 0 Å². The molecule has 2 aromatic carbocycles. The van der Waals surface area contributed by atoms with E-state index < -0.39 is 0 Å². The molecule has 0 spiro atoms. The third kappa shape index (κ3) is 6.49. The summed E-state index contributed by atoms with van der Waals surface area (Å²) in [6, 6.07) is 19.8. The van der Waals surface area contributed by atoms with Gasteiger partial charge in [0, 0.05) is 38.8 Å². The van der Waals surface area contributed by atoms with Gasteiger partial charge in [0.05, 0.1) is 0 Å². The van der Waals surface area contributed by atoms with Crippen molar-refractivity contribution in [3.05, 3.63) is 77.4 Å². The highest BCUT2D eigenvalue weighted by molar-refractivity contribution is 5.94. The number of piperidine rings is 1. The van der Waals surface area contributed by atoms with E-state index in [1.54, 1.807) is 0 Å². The Balaban J connectivity index is 1.37. The van der Waals surface area contributed by atoms with E-state index >= 15 is 0 Å². The molecule has 1 aliphatic rings. The zero-order valence-corrected chi connectivity index (χ0v) is 17.1. The number of nitrogens with one attached hydrogen (secondary N) is 2. The average Bonchev–Trinajstić information content (AvgIpc) is 2.78. The summed E-state index contributed by atoms with van der Waals surface area (Å²) in [7, 11) is 1.83. The lowest BCUT2D eigenvalue weighted by Crippen LogP contribution is -2.45. The number of benzene rings is 2. The van der Waals surface area contributed by atoms with Crippen LogP contribution in [0.3, 0.4) is 0 Å². The molecule has 1 heterocycles. The normalized spacial score (nSPS) is 14.4. The molecular weight excluding hydrogens is 360 g/mol. The van der Waals surface area contributed by atoms with Gasteiger partial charge in [0.1, 0.15) is 0 Å². The standard InChI is InChI=1S/C24H30N4O/c1-25-24(27-16-8-15-26-23(29)22-11-6-3-7-12-22)28-17-13-21(14-18-28)19-20-9-4-2-5-10-20/h2-7,9-12,19H,8,13-18H2,1H3,(H,25,27)(H,26,29). The number of carbonyl (C=O) groups is 1. The van der Waals surface area contributed by atoms with Crippen molar-refractivity contribution in [2.45, 2.75) is 19.3 Å². The first-order valence-electron chi connectivity index (χ1n) is 10.3. The van der Waals surface area contributed by atoms with Crippen LogP contribution in [-0.4, -0.2) is 50.0 Å². The second-order valence-corrected chi connectivity index (χ2v) is 7.15. The van der Waals surface area contributed by atoms with Crippen molar-refractivity contribution in [2.24, 2.45) is 4.99 Å². The molecule has 152 valence electrons. The minimum Gasteiger partial charge on any atom is -0.356 e. The van der Waals surface area contributed by atoms with Crippen LogP contribution in [0.1, 0.15) is 35.2 Å². The Kier molecular flexibility index (Phi) is 7.87. The first-order chi connectivity index (χ1) is 14.3. The SMILES string of the molecule is CN=C(NCCCNC(=O)c1ccccc1)N1CCC(=Cc2ccccc2)CC1. The van der Waals surface area contributed by atoms with Gasteiger partial charge in [-0.25, -0.2) is 0 Å². The summed E-state index contributed by atoms with van der Waals surface area (Å²) < 4.78 is 0. The van der Waals surface area contributed by atoms with E-state index in [4.69, 9.17) is 0 Å². The summed E-state index contributed by atoms with van der Waals surface area (Å²) in [6.45, 7) is 3.37. The van der Waals surface area contributed by atoms with E-state index in [9.17, 15) is 4.79 Å². The summed E-state index contributed by atoms with van der Waals surface area (Å²) >= 11 is 0. The van der Waals surface area contributed by atoms with Crippen LogP contribution in [0.25, 0.3) is 6.08 Å². The number of amides is 1. The molecule has 2 aromatic rings. The first kappa shape index (κ1) is 20.6. The molecule has 0 aromatic heterocycles. The van der Waals surface area contributed by atoms with Gasteiger partial charge in [0.25, 0.3) is 5.91 Å². The van der Waals surface area contributed by atoms with Gasteiger partial charge in [-0.3, -0.25) is 9.79 Å². The third-order valence-electron chi connectivity index (χ3n) is 5.05. The molecule has 1 fully saturated rings. The Morgan fingerprint density at radius 3 is 2.24 bits per heavy atom. The highest BCUT2D eigenvalue weighted by Gasteiger charge is 2.17. The zero-order valence-electron chi connectivity index (χ0n) is 17.1. The van der Waals surface area contributed by atoms with Crippen LogP contribution in [-0.2, 0) is 0 Å². The van der Waals surface area contributed by atoms with Crippen molar-refractivity contribution < 1.29 is 4.79 Å². The number of guanidine groups is 1. The molecule has 0 unspecified atom stereocenters. The third-order valence-corrected chi connectivity index (χ3v) is 5.05. The van der Waals surface area contributed by atoms with Crippen LogP contribution in [0.2, 0.25) is 0 Å². The van der Waals surface area contributed by atoms with Gasteiger partial charge in [-0.1, -0.05) is 60.2 Å². The predicted octanol–water partition coefficient (Wildman–Crippen LogP) is 3.56. The monoisotopic (exact) mass is 390 g/mol. The molecule has 3 rings (SSSR count).